The van der Waals surface area contributed by atoms with E-state index >= 15 is 0 Å². The number of ether oxygens (including phenoxy) is 2. The minimum absolute atomic E-state index is 0.0849. The first-order chi connectivity index (χ1) is 15.5. The minimum Gasteiger partial charge on any atom is -0.486 e. The van der Waals surface area contributed by atoms with Gasteiger partial charge in [-0.25, -0.2) is 0 Å². The Hall–Kier alpha value is -2.73. The van der Waals surface area contributed by atoms with Crippen LogP contribution in [0.4, 0.5) is 0 Å². The summed E-state index contributed by atoms with van der Waals surface area (Å²) in [5.41, 5.74) is 1.81. The molecule has 1 atom stereocenters. The Morgan fingerprint density at radius 2 is 1.84 bits per heavy atom. The van der Waals surface area contributed by atoms with Gasteiger partial charge >= 0.3 is 0 Å². The number of aryl methyl sites for hydroxylation is 1. The lowest BCUT2D eigenvalue weighted by molar-refractivity contribution is -0.141. The fourth-order valence-electron chi connectivity index (χ4n) is 3.73. The number of nitrogens with zero attached hydrogens (tertiary/aromatic N) is 1. The Morgan fingerprint density at radius 3 is 2.56 bits per heavy atom. The molecule has 0 bridgehead atoms. The Labute approximate surface area is 194 Å². The van der Waals surface area contributed by atoms with Gasteiger partial charge < -0.3 is 19.7 Å². The Bertz CT molecular complexity index is 934. The van der Waals surface area contributed by atoms with E-state index in [1.165, 1.54) is 0 Å². The van der Waals surface area contributed by atoms with Crippen LogP contribution in [0, 0.1) is 0 Å². The number of amides is 2. The molecule has 2 amide bonds. The highest BCUT2D eigenvalue weighted by molar-refractivity contribution is 6.31. The average Bonchev–Trinajstić information content (AvgIpc) is 2.82. The first kappa shape index (κ1) is 23.9. The molecule has 7 heteroatoms. The van der Waals surface area contributed by atoms with Crippen LogP contribution in [0.5, 0.6) is 11.5 Å². The zero-order valence-electron chi connectivity index (χ0n) is 18.7. The predicted molar refractivity (Wildman–Crippen MR) is 125 cm³/mol. The Kier molecular flexibility index (Phi) is 8.80. The van der Waals surface area contributed by atoms with Gasteiger partial charge in [0.25, 0.3) is 0 Å². The number of halogens is 1. The van der Waals surface area contributed by atoms with Gasteiger partial charge in [-0.2, -0.15) is 0 Å². The van der Waals surface area contributed by atoms with E-state index in [-0.39, 0.29) is 24.8 Å². The summed E-state index contributed by atoms with van der Waals surface area (Å²) in [7, 11) is 0. The van der Waals surface area contributed by atoms with Crippen molar-refractivity contribution in [3.63, 3.8) is 0 Å². The fraction of sp³-hybridized carbons (Fsp3) is 0.440. The van der Waals surface area contributed by atoms with Crippen molar-refractivity contribution in [2.75, 3.05) is 19.8 Å². The molecule has 32 heavy (non-hydrogen) atoms. The second kappa shape index (κ2) is 11.8. The predicted octanol–water partition coefficient (Wildman–Crippen LogP) is 4.38. The van der Waals surface area contributed by atoms with Gasteiger partial charge in [-0.1, -0.05) is 49.7 Å². The zero-order valence-corrected chi connectivity index (χ0v) is 19.5. The van der Waals surface area contributed by atoms with Crippen LogP contribution < -0.4 is 14.8 Å². The number of carbonyl (C=O) groups excluding carboxylic acids is 2. The van der Waals surface area contributed by atoms with Gasteiger partial charge in [0, 0.05) is 24.5 Å². The number of nitrogens with one attached hydrogen (secondary N) is 1. The van der Waals surface area contributed by atoms with Gasteiger partial charge in [0.05, 0.1) is 0 Å². The zero-order chi connectivity index (χ0) is 22.9. The molecule has 6 nitrogen and oxygen atoms in total. The van der Waals surface area contributed by atoms with Crippen molar-refractivity contribution in [3.05, 3.63) is 58.6 Å². The maximum absolute atomic E-state index is 13.3. The molecule has 0 unspecified atom stereocenters. The van der Waals surface area contributed by atoms with Gasteiger partial charge in [0.2, 0.25) is 11.8 Å². The summed E-state index contributed by atoms with van der Waals surface area (Å²) >= 11 is 6.36. The average molecular weight is 459 g/mol. The first-order valence-electron chi connectivity index (χ1n) is 11.2. The van der Waals surface area contributed by atoms with Crippen molar-refractivity contribution in [2.24, 2.45) is 0 Å². The first-order valence-corrected chi connectivity index (χ1v) is 11.6. The lowest BCUT2D eigenvalue weighted by atomic mass is 10.1. The molecule has 1 N–H and O–H groups in total. The lowest BCUT2D eigenvalue weighted by Gasteiger charge is -2.31. The Balaban J connectivity index is 1.75. The monoisotopic (exact) mass is 458 g/mol. The van der Waals surface area contributed by atoms with Crippen molar-refractivity contribution < 1.29 is 19.1 Å². The SMILES string of the molecule is CCCNC(=O)[C@@H](CC)N(Cc1ccccc1Cl)C(=O)CCc1ccc2c(c1)OCCO2. The molecule has 1 heterocycles. The van der Waals surface area contributed by atoms with Gasteiger partial charge in [0.15, 0.2) is 11.5 Å². The highest BCUT2D eigenvalue weighted by Crippen LogP contribution is 2.31. The van der Waals surface area contributed by atoms with Gasteiger partial charge in [-0.05, 0) is 48.6 Å². The van der Waals surface area contributed by atoms with E-state index < -0.39 is 6.04 Å². The lowest BCUT2D eigenvalue weighted by Crippen LogP contribution is -2.49. The van der Waals surface area contributed by atoms with Crippen LogP contribution in [0.3, 0.4) is 0 Å². The second-order valence-electron chi connectivity index (χ2n) is 7.81. The molecule has 0 spiro atoms. The van der Waals surface area contributed by atoms with Crippen LogP contribution in [-0.2, 0) is 22.6 Å². The molecule has 0 aromatic heterocycles. The largest absolute Gasteiger partial charge is 0.486 e. The van der Waals surface area contributed by atoms with E-state index in [9.17, 15) is 9.59 Å². The van der Waals surface area contributed by atoms with Crippen molar-refractivity contribution in [3.8, 4) is 11.5 Å². The maximum atomic E-state index is 13.3. The molecule has 1 aliphatic heterocycles. The van der Waals surface area contributed by atoms with Gasteiger partial charge in [-0.15, -0.1) is 0 Å². The van der Waals surface area contributed by atoms with Crippen LogP contribution in [0.25, 0.3) is 0 Å². The van der Waals surface area contributed by atoms with Crippen LogP contribution in [0.2, 0.25) is 5.02 Å². The number of benzene rings is 2. The number of carbonyl (C=O) groups is 2. The minimum atomic E-state index is -0.550. The number of hydrogen-bond donors (Lipinski definition) is 1. The summed E-state index contributed by atoms with van der Waals surface area (Å²) in [5, 5.41) is 3.52. The Morgan fingerprint density at radius 1 is 1.09 bits per heavy atom. The summed E-state index contributed by atoms with van der Waals surface area (Å²) in [4.78, 5) is 27.8. The molecule has 0 saturated heterocycles. The van der Waals surface area contributed by atoms with Crippen LogP contribution in [0.15, 0.2) is 42.5 Å². The van der Waals surface area contributed by atoms with E-state index in [4.69, 9.17) is 21.1 Å². The van der Waals surface area contributed by atoms with Crippen molar-refractivity contribution in [1.82, 2.24) is 10.2 Å². The molecule has 2 aromatic rings. The van der Waals surface area contributed by atoms with E-state index in [2.05, 4.69) is 5.32 Å². The summed E-state index contributed by atoms with van der Waals surface area (Å²) in [6, 6.07) is 12.6. The van der Waals surface area contributed by atoms with Crippen LogP contribution >= 0.6 is 11.6 Å². The third-order valence-electron chi connectivity index (χ3n) is 5.47. The third kappa shape index (κ3) is 6.16. The fourth-order valence-corrected chi connectivity index (χ4v) is 3.93. The molecule has 0 fully saturated rings. The number of hydrogen-bond acceptors (Lipinski definition) is 4. The molecule has 0 radical (unpaired) electrons. The van der Waals surface area contributed by atoms with E-state index in [0.29, 0.717) is 43.4 Å². The van der Waals surface area contributed by atoms with Crippen LogP contribution in [0.1, 0.15) is 44.2 Å². The number of rotatable bonds is 10. The van der Waals surface area contributed by atoms with Crippen molar-refractivity contribution in [2.45, 2.75) is 52.1 Å². The topological polar surface area (TPSA) is 67.9 Å². The van der Waals surface area contributed by atoms with E-state index in [0.717, 1.165) is 23.3 Å². The van der Waals surface area contributed by atoms with E-state index in [1.54, 1.807) is 11.0 Å². The highest BCUT2D eigenvalue weighted by Gasteiger charge is 2.28. The van der Waals surface area contributed by atoms with Gasteiger partial charge in [-0.3, -0.25) is 9.59 Å². The summed E-state index contributed by atoms with van der Waals surface area (Å²) in [5.74, 6) is 1.22. The normalized spacial score (nSPS) is 13.3. The standard InChI is InChI=1S/C25H31ClN2O4/c1-3-13-27-25(30)21(4-2)28(17-19-7-5-6-8-20(19)26)24(29)12-10-18-9-11-22-23(16-18)32-15-14-31-22/h5-9,11,16,21H,3-4,10,12-15,17H2,1-2H3,(H,27,30)/t21-/m1/s1. The molecular formula is C25H31ClN2O4. The van der Waals surface area contributed by atoms with Crippen molar-refractivity contribution in [1.29, 1.82) is 0 Å². The summed E-state index contributed by atoms with van der Waals surface area (Å²) < 4.78 is 11.2. The molecule has 1 aliphatic rings. The van der Waals surface area contributed by atoms with Crippen LogP contribution in [-0.4, -0.2) is 42.5 Å². The number of fused-ring (bicyclic) bond motifs is 1. The van der Waals surface area contributed by atoms with E-state index in [1.807, 2.05) is 50.2 Å². The quantitative estimate of drug-likeness (QED) is 0.573. The molecule has 2 aromatic carbocycles. The maximum Gasteiger partial charge on any atom is 0.242 e. The van der Waals surface area contributed by atoms with Crippen molar-refractivity contribution >= 4 is 23.4 Å². The molecule has 172 valence electrons. The highest BCUT2D eigenvalue weighted by atomic mass is 35.5. The summed E-state index contributed by atoms with van der Waals surface area (Å²) in [6.07, 6.45) is 2.18. The van der Waals surface area contributed by atoms with Gasteiger partial charge in [0.1, 0.15) is 19.3 Å². The summed E-state index contributed by atoms with van der Waals surface area (Å²) in [6.45, 7) is 5.86. The molecule has 0 saturated carbocycles. The molecule has 0 aliphatic carbocycles. The molecular weight excluding hydrogens is 428 g/mol. The smallest absolute Gasteiger partial charge is 0.242 e. The second-order valence-corrected chi connectivity index (χ2v) is 8.21. The third-order valence-corrected chi connectivity index (χ3v) is 5.84. The molecule has 3 rings (SSSR count).